The highest BCUT2D eigenvalue weighted by Gasteiger charge is 2.24. The summed E-state index contributed by atoms with van der Waals surface area (Å²) >= 11 is 0. The number of aryl methyl sites for hydroxylation is 2. The number of sulfonamides is 1. The molecule has 0 saturated heterocycles. The first-order valence-electron chi connectivity index (χ1n) is 5.67. The Balaban J connectivity index is 2.41. The lowest BCUT2D eigenvalue weighted by Crippen LogP contribution is -2.16. The summed E-state index contributed by atoms with van der Waals surface area (Å²) in [5.74, 6) is -1.36. The smallest absolute Gasteiger partial charge is 0.340 e. The summed E-state index contributed by atoms with van der Waals surface area (Å²) in [5, 5.41) is 14.1. The Morgan fingerprint density at radius 2 is 1.85 bits per heavy atom. The maximum Gasteiger partial charge on any atom is 0.340 e. The summed E-state index contributed by atoms with van der Waals surface area (Å²) in [4.78, 5) is 10.9. The summed E-state index contributed by atoms with van der Waals surface area (Å²) < 4.78 is 26.7. The molecule has 0 saturated carbocycles. The zero-order chi connectivity index (χ0) is 14.9. The van der Waals surface area contributed by atoms with Gasteiger partial charge in [0.15, 0.2) is 5.03 Å². The lowest BCUT2D eigenvalue weighted by Gasteiger charge is -2.09. The number of benzene rings is 1. The SMILES string of the molecule is Cc1cc(C)cc(NS(=O)(=O)c2[nH]ncc2C(=O)O)c1. The maximum atomic E-state index is 12.2. The van der Waals surface area contributed by atoms with Crippen LogP contribution in [0.2, 0.25) is 0 Å². The standard InChI is InChI=1S/C12H13N3O4S/c1-7-3-8(2)5-9(4-7)15-20(18,19)11-10(12(16)17)6-13-14-11/h3-6,15H,1-2H3,(H,13,14)(H,16,17). The van der Waals surface area contributed by atoms with Crippen LogP contribution >= 0.6 is 0 Å². The van der Waals surface area contributed by atoms with E-state index in [4.69, 9.17) is 5.11 Å². The first-order chi connectivity index (χ1) is 9.29. The summed E-state index contributed by atoms with van der Waals surface area (Å²) in [7, 11) is -4.03. The third-order valence-corrected chi connectivity index (χ3v) is 3.93. The molecule has 2 aromatic rings. The lowest BCUT2D eigenvalue weighted by molar-refractivity contribution is 0.0692. The molecule has 1 aromatic heterocycles. The van der Waals surface area contributed by atoms with Crippen molar-refractivity contribution in [2.24, 2.45) is 0 Å². The van der Waals surface area contributed by atoms with E-state index in [0.717, 1.165) is 17.3 Å². The van der Waals surface area contributed by atoms with Crippen molar-refractivity contribution in [1.29, 1.82) is 0 Å². The second kappa shape index (κ2) is 4.97. The average Bonchev–Trinajstić information content (AvgIpc) is 2.75. The molecule has 0 amide bonds. The van der Waals surface area contributed by atoms with Crippen LogP contribution in [0.5, 0.6) is 0 Å². The minimum absolute atomic E-state index is 0.369. The predicted octanol–water partition coefficient (Wildman–Crippen LogP) is 1.53. The van der Waals surface area contributed by atoms with Crippen molar-refractivity contribution in [2.75, 3.05) is 4.72 Å². The van der Waals surface area contributed by atoms with Crippen LogP contribution in [0.15, 0.2) is 29.4 Å². The summed E-state index contributed by atoms with van der Waals surface area (Å²) in [6.07, 6.45) is 0.957. The normalized spacial score (nSPS) is 11.3. The van der Waals surface area contributed by atoms with Gasteiger partial charge in [-0.3, -0.25) is 9.82 Å². The number of nitrogens with zero attached hydrogens (tertiary/aromatic N) is 1. The number of nitrogens with one attached hydrogen (secondary N) is 2. The van der Waals surface area contributed by atoms with Crippen LogP contribution in [0.4, 0.5) is 5.69 Å². The molecule has 7 nitrogen and oxygen atoms in total. The number of rotatable bonds is 4. The first-order valence-corrected chi connectivity index (χ1v) is 7.16. The van der Waals surface area contributed by atoms with Gasteiger partial charge in [0, 0.05) is 5.69 Å². The van der Waals surface area contributed by atoms with E-state index < -0.39 is 26.6 Å². The van der Waals surface area contributed by atoms with E-state index in [1.54, 1.807) is 12.1 Å². The molecule has 2 rings (SSSR count). The minimum Gasteiger partial charge on any atom is -0.478 e. The number of H-pyrrole nitrogens is 1. The number of anilines is 1. The number of aromatic nitrogens is 2. The highest BCUT2D eigenvalue weighted by atomic mass is 32.2. The van der Waals surface area contributed by atoms with Crippen LogP contribution in [-0.4, -0.2) is 29.7 Å². The van der Waals surface area contributed by atoms with E-state index in [2.05, 4.69) is 14.9 Å². The molecule has 0 fully saturated rings. The highest BCUT2D eigenvalue weighted by Crippen LogP contribution is 2.19. The number of aromatic amines is 1. The van der Waals surface area contributed by atoms with Crippen molar-refractivity contribution < 1.29 is 18.3 Å². The second-order valence-corrected chi connectivity index (χ2v) is 6.02. The van der Waals surface area contributed by atoms with Crippen LogP contribution in [0.3, 0.4) is 0 Å². The Kier molecular flexibility index (Phi) is 3.49. The van der Waals surface area contributed by atoms with Gasteiger partial charge in [0.25, 0.3) is 10.0 Å². The topological polar surface area (TPSA) is 112 Å². The van der Waals surface area contributed by atoms with Crippen molar-refractivity contribution in [3.63, 3.8) is 0 Å². The number of hydrogen-bond donors (Lipinski definition) is 3. The zero-order valence-electron chi connectivity index (χ0n) is 10.8. The fourth-order valence-electron chi connectivity index (χ4n) is 1.87. The van der Waals surface area contributed by atoms with Crippen LogP contribution in [0.1, 0.15) is 21.5 Å². The number of carbonyl (C=O) groups is 1. The number of aromatic carboxylic acids is 1. The number of hydrogen-bond acceptors (Lipinski definition) is 4. The molecular formula is C12H13N3O4S. The monoisotopic (exact) mass is 295 g/mol. The van der Waals surface area contributed by atoms with E-state index in [-0.39, 0.29) is 0 Å². The molecule has 0 radical (unpaired) electrons. The van der Waals surface area contributed by atoms with E-state index in [0.29, 0.717) is 5.69 Å². The molecule has 0 aliphatic heterocycles. The molecule has 106 valence electrons. The largest absolute Gasteiger partial charge is 0.478 e. The van der Waals surface area contributed by atoms with Crippen LogP contribution in [0, 0.1) is 13.8 Å². The lowest BCUT2D eigenvalue weighted by atomic mass is 10.1. The average molecular weight is 295 g/mol. The highest BCUT2D eigenvalue weighted by molar-refractivity contribution is 7.92. The zero-order valence-corrected chi connectivity index (χ0v) is 11.7. The molecule has 1 heterocycles. The molecule has 0 aliphatic carbocycles. The summed E-state index contributed by atoms with van der Waals surface area (Å²) in [6.45, 7) is 3.67. The summed E-state index contributed by atoms with van der Waals surface area (Å²) in [6, 6.07) is 5.21. The fourth-order valence-corrected chi connectivity index (χ4v) is 3.00. The molecule has 0 unspecified atom stereocenters. The predicted molar refractivity (Wildman–Crippen MR) is 72.3 cm³/mol. The molecule has 1 aromatic carbocycles. The molecule has 0 bridgehead atoms. The first kappa shape index (κ1) is 14.1. The van der Waals surface area contributed by atoms with Crippen molar-refractivity contribution in [3.05, 3.63) is 41.1 Å². The van der Waals surface area contributed by atoms with Crippen LogP contribution < -0.4 is 4.72 Å². The van der Waals surface area contributed by atoms with Crippen molar-refractivity contribution in [2.45, 2.75) is 18.9 Å². The van der Waals surface area contributed by atoms with Gasteiger partial charge in [0.1, 0.15) is 5.56 Å². The maximum absolute atomic E-state index is 12.2. The third-order valence-electron chi connectivity index (χ3n) is 2.58. The molecular weight excluding hydrogens is 282 g/mol. The number of carboxylic acid groups (broad SMARTS) is 1. The quantitative estimate of drug-likeness (QED) is 0.791. The van der Waals surface area contributed by atoms with E-state index in [9.17, 15) is 13.2 Å². The Morgan fingerprint density at radius 1 is 1.25 bits per heavy atom. The van der Waals surface area contributed by atoms with Crippen molar-refractivity contribution in [3.8, 4) is 0 Å². The second-order valence-electron chi connectivity index (χ2n) is 4.40. The van der Waals surface area contributed by atoms with E-state index in [1.807, 2.05) is 19.9 Å². The van der Waals surface area contributed by atoms with E-state index in [1.165, 1.54) is 0 Å². The Bertz CT molecular complexity index is 745. The fraction of sp³-hybridized carbons (Fsp3) is 0.167. The van der Waals surface area contributed by atoms with Gasteiger partial charge in [-0.05, 0) is 37.1 Å². The molecule has 0 spiro atoms. The van der Waals surface area contributed by atoms with Gasteiger partial charge in [0.2, 0.25) is 0 Å². The van der Waals surface area contributed by atoms with E-state index >= 15 is 0 Å². The molecule has 0 aliphatic rings. The van der Waals surface area contributed by atoms with Gasteiger partial charge >= 0.3 is 5.97 Å². The Labute approximate surface area is 115 Å². The van der Waals surface area contributed by atoms with Crippen molar-refractivity contribution >= 4 is 21.7 Å². The Hall–Kier alpha value is -2.35. The van der Waals surface area contributed by atoms with Gasteiger partial charge in [-0.1, -0.05) is 6.07 Å². The third kappa shape index (κ3) is 2.80. The van der Waals surface area contributed by atoms with Gasteiger partial charge in [-0.15, -0.1) is 0 Å². The van der Waals surface area contributed by atoms with Crippen molar-refractivity contribution in [1.82, 2.24) is 10.2 Å². The van der Waals surface area contributed by atoms with Crippen LogP contribution in [0.25, 0.3) is 0 Å². The van der Waals surface area contributed by atoms with Gasteiger partial charge < -0.3 is 5.11 Å². The Morgan fingerprint density at radius 3 is 2.40 bits per heavy atom. The molecule has 8 heteroatoms. The molecule has 20 heavy (non-hydrogen) atoms. The van der Waals surface area contributed by atoms with Gasteiger partial charge in [-0.25, -0.2) is 4.79 Å². The summed E-state index contributed by atoms with van der Waals surface area (Å²) in [5.41, 5.74) is 1.76. The van der Waals surface area contributed by atoms with Gasteiger partial charge in [-0.2, -0.15) is 13.5 Å². The number of carboxylic acids is 1. The minimum atomic E-state index is -4.03. The molecule has 3 N–H and O–H groups in total. The van der Waals surface area contributed by atoms with Gasteiger partial charge in [0.05, 0.1) is 6.20 Å². The van der Waals surface area contributed by atoms with Crippen LogP contribution in [-0.2, 0) is 10.0 Å². The molecule has 0 atom stereocenters.